The van der Waals surface area contributed by atoms with Crippen LogP contribution in [0.15, 0.2) is 35.6 Å². The van der Waals surface area contributed by atoms with Crippen LogP contribution in [0.2, 0.25) is 0 Å². The van der Waals surface area contributed by atoms with E-state index in [2.05, 4.69) is 20.6 Å². The monoisotopic (exact) mass is 359 g/mol. The van der Waals surface area contributed by atoms with Crippen molar-refractivity contribution in [1.29, 1.82) is 0 Å². The van der Waals surface area contributed by atoms with Crippen molar-refractivity contribution in [3.8, 4) is 5.69 Å². The summed E-state index contributed by atoms with van der Waals surface area (Å²) in [6.07, 6.45) is 5.85. The third kappa shape index (κ3) is 4.60. The van der Waals surface area contributed by atoms with Gasteiger partial charge in [-0.1, -0.05) is 6.07 Å². The molecule has 1 aliphatic rings. The molecule has 0 radical (unpaired) electrons. The molecule has 3 rings (SSSR count). The van der Waals surface area contributed by atoms with Gasteiger partial charge in [-0.15, -0.1) is 0 Å². The zero-order chi connectivity index (χ0) is 18.4. The quantitative estimate of drug-likeness (QED) is 0.615. The van der Waals surface area contributed by atoms with Gasteiger partial charge in [0, 0.05) is 32.1 Å². The van der Waals surface area contributed by atoms with Gasteiger partial charge < -0.3 is 19.9 Å². The largest absolute Gasteiger partial charge is 0.376 e. The highest BCUT2D eigenvalue weighted by molar-refractivity contribution is 5.79. The molecule has 0 bridgehead atoms. The van der Waals surface area contributed by atoms with E-state index in [1.807, 2.05) is 19.9 Å². The highest BCUT2D eigenvalue weighted by Gasteiger charge is 2.15. The minimum atomic E-state index is -0.281. The van der Waals surface area contributed by atoms with Gasteiger partial charge >= 0.3 is 0 Å². The Bertz CT molecular complexity index is 752. The Kier molecular flexibility index (Phi) is 6.22. The van der Waals surface area contributed by atoms with Gasteiger partial charge in [-0.05, 0) is 44.4 Å². The number of aryl methyl sites for hydroxylation is 1. The van der Waals surface area contributed by atoms with Crippen molar-refractivity contribution in [3.05, 3.63) is 47.8 Å². The zero-order valence-corrected chi connectivity index (χ0v) is 15.3. The fraction of sp³-hybridized carbons (Fsp3) is 0.474. The summed E-state index contributed by atoms with van der Waals surface area (Å²) in [5, 5.41) is 6.51. The number of ether oxygens (including phenoxy) is 1. The summed E-state index contributed by atoms with van der Waals surface area (Å²) in [7, 11) is 0. The highest BCUT2D eigenvalue weighted by atomic mass is 19.1. The number of rotatable bonds is 6. The first-order valence-electron chi connectivity index (χ1n) is 9.10. The van der Waals surface area contributed by atoms with Crippen LogP contribution in [0.5, 0.6) is 0 Å². The lowest BCUT2D eigenvalue weighted by atomic mass is 10.2. The predicted molar refractivity (Wildman–Crippen MR) is 100 cm³/mol. The van der Waals surface area contributed by atoms with Crippen molar-refractivity contribution >= 4 is 5.96 Å². The maximum Gasteiger partial charge on any atom is 0.191 e. The molecule has 0 spiro atoms. The number of nitrogens with zero attached hydrogens (tertiary/aromatic N) is 3. The number of imidazole rings is 1. The normalized spacial score (nSPS) is 17.5. The first kappa shape index (κ1) is 18.4. The topological polar surface area (TPSA) is 63.5 Å². The number of benzene rings is 1. The number of halogens is 1. The standard InChI is InChI=1S/C19H26FN5O/c1-3-21-19(24-13-16-5-4-10-26-16)23-12-15-6-7-18(17(20)11-15)25-9-8-22-14(25)2/h6-9,11,16H,3-5,10,12-13H2,1-2H3,(H2,21,23,24). The SMILES string of the molecule is CCNC(=NCc1ccc(-n2ccnc2C)c(F)c1)NCC1CCCO1. The maximum absolute atomic E-state index is 14.5. The molecule has 2 heterocycles. The van der Waals surface area contributed by atoms with E-state index in [0.29, 0.717) is 12.2 Å². The van der Waals surface area contributed by atoms with Gasteiger partial charge in [-0.25, -0.2) is 14.4 Å². The van der Waals surface area contributed by atoms with E-state index >= 15 is 0 Å². The van der Waals surface area contributed by atoms with E-state index < -0.39 is 0 Å². The molecule has 1 atom stereocenters. The molecule has 2 aromatic rings. The number of aliphatic imine (C=N–C) groups is 1. The lowest BCUT2D eigenvalue weighted by Crippen LogP contribution is -2.41. The Morgan fingerprint density at radius 1 is 1.42 bits per heavy atom. The molecule has 1 aliphatic heterocycles. The summed E-state index contributed by atoms with van der Waals surface area (Å²) >= 11 is 0. The molecule has 1 fully saturated rings. The van der Waals surface area contributed by atoms with Crippen LogP contribution in [-0.2, 0) is 11.3 Å². The van der Waals surface area contributed by atoms with Gasteiger partial charge in [0.05, 0.1) is 18.3 Å². The van der Waals surface area contributed by atoms with Crippen LogP contribution in [0.3, 0.4) is 0 Å². The molecular formula is C19H26FN5O. The Morgan fingerprint density at radius 3 is 2.96 bits per heavy atom. The summed E-state index contributed by atoms with van der Waals surface area (Å²) in [6, 6.07) is 5.19. The van der Waals surface area contributed by atoms with Crippen LogP contribution in [-0.4, -0.2) is 41.3 Å². The maximum atomic E-state index is 14.5. The first-order valence-corrected chi connectivity index (χ1v) is 9.10. The summed E-state index contributed by atoms with van der Waals surface area (Å²) in [5.74, 6) is 1.19. The van der Waals surface area contributed by atoms with Gasteiger partial charge in [0.15, 0.2) is 5.96 Å². The van der Waals surface area contributed by atoms with E-state index in [-0.39, 0.29) is 11.9 Å². The first-order chi connectivity index (χ1) is 12.7. The Hall–Kier alpha value is -2.41. The molecular weight excluding hydrogens is 333 g/mol. The molecule has 140 valence electrons. The lowest BCUT2D eigenvalue weighted by Gasteiger charge is -2.15. The third-order valence-corrected chi connectivity index (χ3v) is 4.38. The molecule has 7 heteroatoms. The number of hydrogen-bond donors (Lipinski definition) is 2. The lowest BCUT2D eigenvalue weighted by molar-refractivity contribution is 0.114. The molecule has 0 amide bonds. The van der Waals surface area contributed by atoms with Crippen LogP contribution in [0.4, 0.5) is 4.39 Å². The van der Waals surface area contributed by atoms with Crippen LogP contribution in [0.1, 0.15) is 31.2 Å². The van der Waals surface area contributed by atoms with Crippen LogP contribution >= 0.6 is 0 Å². The molecule has 1 aromatic heterocycles. The fourth-order valence-corrected chi connectivity index (χ4v) is 3.00. The van der Waals surface area contributed by atoms with Crippen molar-refractivity contribution < 1.29 is 9.13 Å². The van der Waals surface area contributed by atoms with Crippen LogP contribution in [0, 0.1) is 12.7 Å². The van der Waals surface area contributed by atoms with Gasteiger partial charge in [-0.2, -0.15) is 0 Å². The van der Waals surface area contributed by atoms with E-state index in [9.17, 15) is 4.39 Å². The summed E-state index contributed by atoms with van der Waals surface area (Å²) < 4.78 is 21.8. The van der Waals surface area contributed by atoms with E-state index in [1.165, 1.54) is 6.07 Å². The van der Waals surface area contributed by atoms with Gasteiger partial charge in [-0.3, -0.25) is 0 Å². The van der Waals surface area contributed by atoms with E-state index in [4.69, 9.17) is 4.74 Å². The number of aromatic nitrogens is 2. The second-order valence-electron chi connectivity index (χ2n) is 6.34. The summed E-state index contributed by atoms with van der Waals surface area (Å²) in [6.45, 7) is 6.61. The van der Waals surface area contributed by atoms with Crippen molar-refractivity contribution in [2.24, 2.45) is 4.99 Å². The van der Waals surface area contributed by atoms with Crippen molar-refractivity contribution in [2.75, 3.05) is 19.7 Å². The average Bonchev–Trinajstić information content (AvgIpc) is 3.29. The van der Waals surface area contributed by atoms with Crippen molar-refractivity contribution in [2.45, 2.75) is 39.3 Å². The van der Waals surface area contributed by atoms with E-state index in [1.54, 1.807) is 23.0 Å². The van der Waals surface area contributed by atoms with E-state index in [0.717, 1.165) is 49.9 Å². The molecule has 0 saturated carbocycles. The van der Waals surface area contributed by atoms with Gasteiger partial charge in [0.1, 0.15) is 11.6 Å². The van der Waals surface area contributed by atoms with Crippen LogP contribution in [0.25, 0.3) is 5.69 Å². The molecule has 0 aliphatic carbocycles. The van der Waals surface area contributed by atoms with Crippen molar-refractivity contribution in [3.63, 3.8) is 0 Å². The Balaban J connectivity index is 1.65. The number of hydrogen-bond acceptors (Lipinski definition) is 3. The predicted octanol–water partition coefficient (Wildman–Crippen LogP) is 2.55. The molecule has 1 unspecified atom stereocenters. The van der Waals surface area contributed by atoms with Gasteiger partial charge in [0.2, 0.25) is 0 Å². The smallest absolute Gasteiger partial charge is 0.191 e. The van der Waals surface area contributed by atoms with Gasteiger partial charge in [0.25, 0.3) is 0 Å². The Labute approximate surface area is 153 Å². The number of guanidine groups is 1. The van der Waals surface area contributed by atoms with Crippen LogP contribution < -0.4 is 10.6 Å². The summed E-state index contributed by atoms with van der Waals surface area (Å²) in [4.78, 5) is 8.69. The summed E-state index contributed by atoms with van der Waals surface area (Å²) in [5.41, 5.74) is 1.31. The minimum absolute atomic E-state index is 0.244. The van der Waals surface area contributed by atoms with Crippen molar-refractivity contribution in [1.82, 2.24) is 20.2 Å². The molecule has 1 aromatic carbocycles. The second-order valence-corrected chi connectivity index (χ2v) is 6.34. The molecule has 26 heavy (non-hydrogen) atoms. The molecule has 6 nitrogen and oxygen atoms in total. The fourth-order valence-electron chi connectivity index (χ4n) is 3.00. The third-order valence-electron chi connectivity index (χ3n) is 4.38. The highest BCUT2D eigenvalue weighted by Crippen LogP contribution is 2.17. The molecule has 1 saturated heterocycles. The average molecular weight is 359 g/mol. The minimum Gasteiger partial charge on any atom is -0.376 e. The zero-order valence-electron chi connectivity index (χ0n) is 15.3. The molecule has 2 N–H and O–H groups in total. The second kappa shape index (κ2) is 8.80. The Morgan fingerprint density at radius 2 is 2.31 bits per heavy atom. The number of nitrogens with one attached hydrogen (secondary N) is 2.